The van der Waals surface area contributed by atoms with Crippen molar-refractivity contribution in [2.75, 3.05) is 6.61 Å². The summed E-state index contributed by atoms with van der Waals surface area (Å²) in [5.41, 5.74) is 1.95. The van der Waals surface area contributed by atoms with Gasteiger partial charge in [-0.2, -0.15) is 0 Å². The minimum absolute atomic E-state index is 0.734. The van der Waals surface area contributed by atoms with Crippen molar-refractivity contribution >= 4 is 15.9 Å². The zero-order valence-corrected chi connectivity index (χ0v) is 12.3. The number of hydrogen-bond donors (Lipinski definition) is 1. The first-order valence-corrected chi connectivity index (χ1v) is 7.11. The van der Waals surface area contributed by atoms with Gasteiger partial charge in [0.1, 0.15) is 11.4 Å². The number of rotatable bonds is 2. The van der Waals surface area contributed by atoms with Gasteiger partial charge < -0.3 is 9.84 Å². The van der Waals surface area contributed by atoms with Crippen LogP contribution in [-0.2, 0) is 12.0 Å². The van der Waals surface area contributed by atoms with E-state index in [0.717, 1.165) is 34.4 Å². The first kappa shape index (κ1) is 12.7. The molecule has 0 aromatic heterocycles. The average Bonchev–Trinajstić information content (AvgIpc) is 2.85. The fourth-order valence-electron chi connectivity index (χ4n) is 2.45. The van der Waals surface area contributed by atoms with Gasteiger partial charge in [0.25, 0.3) is 0 Å². The van der Waals surface area contributed by atoms with Crippen LogP contribution in [0.5, 0.6) is 5.75 Å². The predicted molar refractivity (Wildman–Crippen MR) is 78.5 cm³/mol. The minimum Gasteiger partial charge on any atom is -0.493 e. The molecular formula is C16H15BrO2. The lowest BCUT2D eigenvalue weighted by Gasteiger charge is -2.25. The number of aliphatic hydroxyl groups is 1. The molecule has 0 spiro atoms. The molecule has 0 bridgehead atoms. The van der Waals surface area contributed by atoms with Crippen molar-refractivity contribution < 1.29 is 9.84 Å². The highest BCUT2D eigenvalue weighted by atomic mass is 79.9. The van der Waals surface area contributed by atoms with Gasteiger partial charge in [-0.1, -0.05) is 34.1 Å². The molecule has 0 radical (unpaired) electrons. The van der Waals surface area contributed by atoms with Crippen LogP contribution in [0.3, 0.4) is 0 Å². The standard InChI is InChI=1S/C16H15BrO2/c1-16(18,12-3-2-4-14(17)10-12)13-5-6-15-11(9-13)7-8-19-15/h2-6,9-10,18H,7-8H2,1H3. The summed E-state index contributed by atoms with van der Waals surface area (Å²) in [7, 11) is 0. The molecule has 2 aromatic carbocycles. The maximum atomic E-state index is 10.9. The van der Waals surface area contributed by atoms with E-state index < -0.39 is 5.60 Å². The van der Waals surface area contributed by atoms with E-state index in [9.17, 15) is 5.11 Å². The molecule has 1 aliphatic heterocycles. The van der Waals surface area contributed by atoms with E-state index >= 15 is 0 Å². The molecule has 3 rings (SSSR count). The number of halogens is 1. The summed E-state index contributed by atoms with van der Waals surface area (Å²) >= 11 is 3.45. The smallest absolute Gasteiger partial charge is 0.122 e. The van der Waals surface area contributed by atoms with Gasteiger partial charge in [-0.15, -0.1) is 0 Å². The first-order chi connectivity index (χ1) is 9.07. The third kappa shape index (κ3) is 2.28. The van der Waals surface area contributed by atoms with Gasteiger partial charge in [0.05, 0.1) is 6.61 Å². The third-order valence-electron chi connectivity index (χ3n) is 3.64. The molecule has 1 atom stereocenters. The normalized spacial score (nSPS) is 16.6. The second-order valence-electron chi connectivity index (χ2n) is 5.00. The van der Waals surface area contributed by atoms with E-state index in [4.69, 9.17) is 4.74 Å². The Hall–Kier alpha value is -1.32. The number of benzene rings is 2. The molecular weight excluding hydrogens is 304 g/mol. The van der Waals surface area contributed by atoms with E-state index in [1.807, 2.05) is 49.4 Å². The molecule has 0 fully saturated rings. The van der Waals surface area contributed by atoms with Crippen LogP contribution in [0, 0.1) is 0 Å². The molecule has 98 valence electrons. The quantitative estimate of drug-likeness (QED) is 0.916. The molecule has 2 nitrogen and oxygen atoms in total. The SMILES string of the molecule is CC(O)(c1cccc(Br)c1)c1ccc2c(c1)CCO2. The highest BCUT2D eigenvalue weighted by Gasteiger charge is 2.27. The monoisotopic (exact) mass is 318 g/mol. The Balaban J connectivity index is 2.04. The average molecular weight is 319 g/mol. The Morgan fingerprint density at radius 2 is 1.95 bits per heavy atom. The summed E-state index contributed by atoms with van der Waals surface area (Å²) in [6, 6.07) is 13.7. The first-order valence-electron chi connectivity index (χ1n) is 6.32. The molecule has 19 heavy (non-hydrogen) atoms. The summed E-state index contributed by atoms with van der Waals surface area (Å²) in [5.74, 6) is 0.939. The molecule has 1 unspecified atom stereocenters. The molecule has 0 amide bonds. The van der Waals surface area contributed by atoms with Crippen LogP contribution in [0.4, 0.5) is 0 Å². The number of hydrogen-bond acceptors (Lipinski definition) is 2. The maximum absolute atomic E-state index is 10.9. The fourth-order valence-corrected chi connectivity index (χ4v) is 2.85. The molecule has 2 aromatic rings. The van der Waals surface area contributed by atoms with Crippen molar-refractivity contribution in [1.29, 1.82) is 0 Å². The van der Waals surface area contributed by atoms with Gasteiger partial charge in [-0.25, -0.2) is 0 Å². The zero-order chi connectivity index (χ0) is 13.5. The van der Waals surface area contributed by atoms with E-state index in [0.29, 0.717) is 0 Å². The Morgan fingerprint density at radius 3 is 2.74 bits per heavy atom. The van der Waals surface area contributed by atoms with Crippen molar-refractivity contribution in [3.8, 4) is 5.75 Å². The number of ether oxygens (including phenoxy) is 1. The summed E-state index contributed by atoms with van der Waals surface area (Å²) in [4.78, 5) is 0. The van der Waals surface area contributed by atoms with Gasteiger partial charge in [-0.05, 0) is 47.9 Å². The van der Waals surface area contributed by atoms with E-state index in [1.54, 1.807) is 0 Å². The molecule has 1 N–H and O–H groups in total. The van der Waals surface area contributed by atoms with Gasteiger partial charge in [0.15, 0.2) is 0 Å². The van der Waals surface area contributed by atoms with Crippen LogP contribution in [0.1, 0.15) is 23.6 Å². The van der Waals surface area contributed by atoms with Crippen LogP contribution < -0.4 is 4.74 Å². The van der Waals surface area contributed by atoms with E-state index in [1.165, 1.54) is 5.56 Å². The Kier molecular flexibility index (Phi) is 3.11. The Bertz CT molecular complexity index is 620. The van der Waals surface area contributed by atoms with Gasteiger partial charge in [-0.3, -0.25) is 0 Å². The third-order valence-corrected chi connectivity index (χ3v) is 4.13. The molecule has 0 saturated carbocycles. The van der Waals surface area contributed by atoms with Gasteiger partial charge in [0.2, 0.25) is 0 Å². The molecule has 0 saturated heterocycles. The highest BCUT2D eigenvalue weighted by molar-refractivity contribution is 9.10. The van der Waals surface area contributed by atoms with Crippen molar-refractivity contribution in [3.05, 3.63) is 63.6 Å². The minimum atomic E-state index is -0.999. The lowest BCUT2D eigenvalue weighted by atomic mass is 9.87. The van der Waals surface area contributed by atoms with Crippen LogP contribution in [-0.4, -0.2) is 11.7 Å². The number of fused-ring (bicyclic) bond motifs is 1. The van der Waals surface area contributed by atoms with Crippen molar-refractivity contribution in [2.24, 2.45) is 0 Å². The zero-order valence-electron chi connectivity index (χ0n) is 10.7. The maximum Gasteiger partial charge on any atom is 0.122 e. The molecule has 1 heterocycles. The summed E-state index contributed by atoms with van der Waals surface area (Å²) in [5, 5.41) is 10.9. The topological polar surface area (TPSA) is 29.5 Å². The highest BCUT2D eigenvalue weighted by Crippen LogP contribution is 2.34. The fraction of sp³-hybridized carbons (Fsp3) is 0.250. The largest absolute Gasteiger partial charge is 0.493 e. The van der Waals surface area contributed by atoms with Crippen LogP contribution in [0.25, 0.3) is 0 Å². The van der Waals surface area contributed by atoms with Crippen molar-refractivity contribution in [3.63, 3.8) is 0 Å². The van der Waals surface area contributed by atoms with E-state index in [2.05, 4.69) is 15.9 Å². The van der Waals surface area contributed by atoms with Crippen molar-refractivity contribution in [1.82, 2.24) is 0 Å². The summed E-state index contributed by atoms with van der Waals surface area (Å²) < 4.78 is 6.47. The molecule has 3 heteroatoms. The van der Waals surface area contributed by atoms with Crippen LogP contribution in [0.2, 0.25) is 0 Å². The summed E-state index contributed by atoms with van der Waals surface area (Å²) in [6.07, 6.45) is 0.914. The van der Waals surface area contributed by atoms with Crippen molar-refractivity contribution in [2.45, 2.75) is 18.9 Å². The lowest BCUT2D eigenvalue weighted by molar-refractivity contribution is 0.102. The Morgan fingerprint density at radius 1 is 1.16 bits per heavy atom. The lowest BCUT2D eigenvalue weighted by Crippen LogP contribution is -2.22. The molecule has 0 aliphatic carbocycles. The predicted octanol–water partition coefficient (Wildman–Crippen LogP) is 3.64. The van der Waals surface area contributed by atoms with Crippen LogP contribution in [0.15, 0.2) is 46.9 Å². The second-order valence-corrected chi connectivity index (χ2v) is 5.92. The Labute approximate surface area is 121 Å². The second kappa shape index (κ2) is 4.66. The molecule has 1 aliphatic rings. The van der Waals surface area contributed by atoms with Crippen LogP contribution >= 0.6 is 15.9 Å². The van der Waals surface area contributed by atoms with Gasteiger partial charge in [0, 0.05) is 10.9 Å². The van der Waals surface area contributed by atoms with Gasteiger partial charge >= 0.3 is 0 Å². The summed E-state index contributed by atoms with van der Waals surface area (Å²) in [6.45, 7) is 2.56. The van der Waals surface area contributed by atoms with E-state index in [-0.39, 0.29) is 0 Å².